The Kier molecular flexibility index (Phi) is 5.65. The number of alkyl carbamates (subject to hydrolysis) is 1. The summed E-state index contributed by atoms with van der Waals surface area (Å²) in [6, 6.07) is 10.2. The van der Waals surface area contributed by atoms with Crippen LogP contribution in [0.3, 0.4) is 0 Å². The van der Waals surface area contributed by atoms with Crippen LogP contribution in [0.4, 0.5) is 4.79 Å². The molecule has 0 aliphatic carbocycles. The molecule has 0 unspecified atom stereocenters. The lowest BCUT2D eigenvalue weighted by molar-refractivity contribution is 0.0527. The van der Waals surface area contributed by atoms with Crippen molar-refractivity contribution in [2.45, 2.75) is 53.1 Å². The molecular formula is C19H27N3O2. The molecule has 2 rings (SSSR count). The highest BCUT2D eigenvalue weighted by Gasteiger charge is 2.15. The number of aromatic nitrogens is 2. The van der Waals surface area contributed by atoms with Gasteiger partial charge in [-0.1, -0.05) is 6.07 Å². The number of carbonyl (C=O) groups is 1. The van der Waals surface area contributed by atoms with Crippen molar-refractivity contribution in [1.29, 1.82) is 0 Å². The van der Waals surface area contributed by atoms with E-state index in [9.17, 15) is 4.79 Å². The predicted molar refractivity (Wildman–Crippen MR) is 95.6 cm³/mol. The van der Waals surface area contributed by atoms with Gasteiger partial charge in [0.2, 0.25) is 0 Å². The first-order valence-corrected chi connectivity index (χ1v) is 8.34. The first-order chi connectivity index (χ1) is 11.3. The number of amides is 1. The largest absolute Gasteiger partial charge is 0.444 e. The number of nitrogens with one attached hydrogen (secondary N) is 1. The summed E-state index contributed by atoms with van der Waals surface area (Å²) >= 11 is 0. The summed E-state index contributed by atoms with van der Waals surface area (Å²) in [7, 11) is 0. The first kappa shape index (κ1) is 18.0. The minimum atomic E-state index is -0.466. The monoisotopic (exact) mass is 329 g/mol. The Bertz CT molecular complexity index is 679. The molecule has 2 heterocycles. The fourth-order valence-electron chi connectivity index (χ4n) is 2.53. The molecule has 24 heavy (non-hydrogen) atoms. The molecule has 5 nitrogen and oxygen atoms in total. The molecule has 0 aliphatic rings. The maximum absolute atomic E-state index is 11.6. The van der Waals surface area contributed by atoms with Crippen LogP contribution >= 0.6 is 0 Å². The van der Waals surface area contributed by atoms with Crippen LogP contribution in [0.15, 0.2) is 30.3 Å². The third kappa shape index (κ3) is 5.11. The van der Waals surface area contributed by atoms with Crippen LogP contribution in [-0.2, 0) is 11.2 Å². The van der Waals surface area contributed by atoms with Crippen molar-refractivity contribution in [3.63, 3.8) is 0 Å². The number of hydrogen-bond acceptors (Lipinski definition) is 3. The van der Waals surface area contributed by atoms with E-state index in [0.29, 0.717) is 6.54 Å². The third-order valence-electron chi connectivity index (χ3n) is 3.57. The van der Waals surface area contributed by atoms with Crippen molar-refractivity contribution in [3.8, 4) is 5.82 Å². The number of rotatable bonds is 5. The molecule has 0 fully saturated rings. The molecule has 0 aliphatic heterocycles. The van der Waals surface area contributed by atoms with Gasteiger partial charge in [0.05, 0.1) is 0 Å². The zero-order valence-electron chi connectivity index (χ0n) is 15.2. The summed E-state index contributed by atoms with van der Waals surface area (Å²) in [6.07, 6.45) is 1.25. The Hall–Kier alpha value is -2.30. The van der Waals surface area contributed by atoms with E-state index in [1.807, 2.05) is 39.0 Å². The van der Waals surface area contributed by atoms with Gasteiger partial charge >= 0.3 is 6.09 Å². The minimum Gasteiger partial charge on any atom is -0.444 e. The van der Waals surface area contributed by atoms with Crippen LogP contribution in [-0.4, -0.2) is 27.8 Å². The standard InChI is InChI=1S/C19H27N3O2/c1-14-11-12-15(2)22(14)17-10-6-8-16(21-17)9-7-13-20-18(23)24-19(3,4)5/h6,8,10-12H,7,9,13H2,1-5H3,(H,20,23). The van der Waals surface area contributed by atoms with Crippen LogP contribution in [0, 0.1) is 13.8 Å². The Balaban J connectivity index is 1.88. The maximum atomic E-state index is 11.6. The summed E-state index contributed by atoms with van der Waals surface area (Å²) in [5.41, 5.74) is 2.89. The Labute approximate surface area is 144 Å². The quantitative estimate of drug-likeness (QED) is 0.845. The summed E-state index contributed by atoms with van der Waals surface area (Å²) < 4.78 is 7.36. The molecule has 2 aromatic rings. The van der Waals surface area contributed by atoms with Gasteiger partial charge in [0.1, 0.15) is 11.4 Å². The second-order valence-corrected chi connectivity index (χ2v) is 6.97. The second-order valence-electron chi connectivity index (χ2n) is 6.97. The van der Waals surface area contributed by atoms with E-state index < -0.39 is 5.60 Å². The molecule has 0 spiro atoms. The SMILES string of the molecule is Cc1ccc(C)n1-c1cccc(CCCNC(=O)OC(C)(C)C)n1. The van der Waals surface area contributed by atoms with Crippen LogP contribution in [0.1, 0.15) is 44.3 Å². The highest BCUT2D eigenvalue weighted by molar-refractivity contribution is 5.67. The summed E-state index contributed by atoms with van der Waals surface area (Å²) in [4.78, 5) is 16.3. The second kappa shape index (κ2) is 7.51. The molecule has 0 saturated heterocycles. The zero-order chi connectivity index (χ0) is 17.7. The summed E-state index contributed by atoms with van der Waals surface area (Å²) in [5, 5.41) is 2.78. The molecule has 1 amide bonds. The lowest BCUT2D eigenvalue weighted by atomic mass is 10.2. The summed E-state index contributed by atoms with van der Waals surface area (Å²) in [5.74, 6) is 0.938. The number of carbonyl (C=O) groups excluding carboxylic acids is 1. The predicted octanol–water partition coefficient (Wildman–Crippen LogP) is 3.95. The molecule has 0 bridgehead atoms. The van der Waals surface area contributed by atoms with Gasteiger partial charge in [0, 0.05) is 23.6 Å². The number of hydrogen-bond donors (Lipinski definition) is 1. The topological polar surface area (TPSA) is 56.2 Å². The Morgan fingerprint density at radius 2 is 1.83 bits per heavy atom. The Morgan fingerprint density at radius 1 is 1.17 bits per heavy atom. The lowest BCUT2D eigenvalue weighted by Gasteiger charge is -2.19. The van der Waals surface area contributed by atoms with E-state index in [2.05, 4.69) is 35.9 Å². The first-order valence-electron chi connectivity index (χ1n) is 8.34. The smallest absolute Gasteiger partial charge is 0.407 e. The van der Waals surface area contributed by atoms with Crippen molar-refractivity contribution in [2.24, 2.45) is 0 Å². The van der Waals surface area contributed by atoms with E-state index in [0.717, 1.165) is 24.4 Å². The molecule has 130 valence electrons. The maximum Gasteiger partial charge on any atom is 0.407 e. The molecule has 0 saturated carbocycles. The molecule has 0 atom stereocenters. The number of pyridine rings is 1. The van der Waals surface area contributed by atoms with Crippen molar-refractivity contribution >= 4 is 6.09 Å². The molecular weight excluding hydrogens is 302 g/mol. The third-order valence-corrected chi connectivity index (χ3v) is 3.57. The van der Waals surface area contributed by atoms with Gasteiger partial charge in [-0.05, 0) is 71.7 Å². The fourth-order valence-corrected chi connectivity index (χ4v) is 2.53. The molecule has 5 heteroatoms. The van der Waals surface area contributed by atoms with Crippen molar-refractivity contribution in [3.05, 3.63) is 47.4 Å². The number of ether oxygens (including phenoxy) is 1. The fraction of sp³-hybridized carbons (Fsp3) is 0.474. The highest BCUT2D eigenvalue weighted by atomic mass is 16.6. The lowest BCUT2D eigenvalue weighted by Crippen LogP contribution is -2.33. The minimum absolute atomic E-state index is 0.372. The van der Waals surface area contributed by atoms with Crippen LogP contribution in [0.25, 0.3) is 5.82 Å². The molecule has 0 radical (unpaired) electrons. The van der Waals surface area contributed by atoms with Gasteiger partial charge in [0.25, 0.3) is 0 Å². The van der Waals surface area contributed by atoms with E-state index >= 15 is 0 Å². The van der Waals surface area contributed by atoms with E-state index in [4.69, 9.17) is 9.72 Å². The van der Waals surface area contributed by atoms with E-state index in [-0.39, 0.29) is 6.09 Å². The van der Waals surface area contributed by atoms with Gasteiger partial charge in [0.15, 0.2) is 0 Å². The number of aryl methyl sites for hydroxylation is 3. The number of nitrogens with zero attached hydrogens (tertiary/aromatic N) is 2. The van der Waals surface area contributed by atoms with Gasteiger partial charge in [-0.25, -0.2) is 9.78 Å². The van der Waals surface area contributed by atoms with Gasteiger partial charge < -0.3 is 14.6 Å². The molecule has 1 N–H and O–H groups in total. The van der Waals surface area contributed by atoms with Gasteiger partial charge in [-0.2, -0.15) is 0 Å². The normalized spacial score (nSPS) is 11.4. The summed E-state index contributed by atoms with van der Waals surface area (Å²) in [6.45, 7) is 10.3. The zero-order valence-corrected chi connectivity index (χ0v) is 15.2. The van der Waals surface area contributed by atoms with E-state index in [1.165, 1.54) is 11.4 Å². The van der Waals surface area contributed by atoms with Gasteiger partial charge in [-0.15, -0.1) is 0 Å². The highest BCUT2D eigenvalue weighted by Crippen LogP contribution is 2.15. The van der Waals surface area contributed by atoms with Crippen molar-refractivity contribution in [1.82, 2.24) is 14.9 Å². The van der Waals surface area contributed by atoms with Crippen molar-refractivity contribution < 1.29 is 9.53 Å². The van der Waals surface area contributed by atoms with Crippen LogP contribution in [0.5, 0.6) is 0 Å². The Morgan fingerprint density at radius 3 is 2.46 bits per heavy atom. The van der Waals surface area contributed by atoms with Crippen LogP contribution < -0.4 is 5.32 Å². The average Bonchev–Trinajstić information content (AvgIpc) is 2.81. The van der Waals surface area contributed by atoms with Crippen molar-refractivity contribution in [2.75, 3.05) is 6.54 Å². The van der Waals surface area contributed by atoms with Crippen LogP contribution in [0.2, 0.25) is 0 Å². The van der Waals surface area contributed by atoms with E-state index in [1.54, 1.807) is 0 Å². The average molecular weight is 329 g/mol. The van der Waals surface area contributed by atoms with Gasteiger partial charge in [-0.3, -0.25) is 0 Å². The molecule has 2 aromatic heterocycles. The molecule has 0 aromatic carbocycles.